The molecule has 5 fully saturated rings. The second-order valence-corrected chi connectivity index (χ2v) is 20.0. The quantitative estimate of drug-likeness (QED) is 0.0407. The molecule has 6 N–H and O–H groups in total. The molecule has 4 aromatic rings. The molecule has 2 aromatic carbocycles. The van der Waals surface area contributed by atoms with Crippen molar-refractivity contribution in [2.75, 3.05) is 13.2 Å². The Hall–Kier alpha value is -5.47. The van der Waals surface area contributed by atoms with Crippen LogP contribution in [0.2, 0.25) is 0 Å². The molecule has 3 aliphatic heterocycles. The number of aliphatic hydroxyl groups excluding tert-OH is 4. The summed E-state index contributed by atoms with van der Waals surface area (Å²) >= 11 is 0. The number of non-ortho nitro benzene ring substituents is 1. The van der Waals surface area contributed by atoms with Crippen molar-refractivity contribution in [3.8, 4) is 0 Å². The largest absolute Gasteiger partial charge is 0.479 e. The lowest BCUT2D eigenvalue weighted by Gasteiger charge is -2.50. The molecule has 23 nitrogen and oxygen atoms in total. The van der Waals surface area contributed by atoms with Crippen LogP contribution in [0.25, 0.3) is 10.9 Å². The normalized spacial score (nSPS) is 32.3. The Morgan fingerprint density at radius 1 is 0.877 bits per heavy atom. The maximum Gasteiger partial charge on any atom is 0.338 e. The van der Waals surface area contributed by atoms with Gasteiger partial charge >= 0.3 is 11.9 Å². The first-order valence-corrected chi connectivity index (χ1v) is 25.2. The number of nitro benzene ring substituents is 1. The molecule has 0 radical (unpaired) electrons. The fourth-order valence-corrected chi connectivity index (χ4v) is 10.8. The molecule has 9 rings (SSSR count). The average Bonchev–Trinajstić information content (AvgIpc) is 4.02. The third-order valence-corrected chi connectivity index (χ3v) is 14.8. The van der Waals surface area contributed by atoms with Gasteiger partial charge in [0.2, 0.25) is 5.91 Å². The van der Waals surface area contributed by atoms with E-state index in [9.17, 15) is 50.0 Å². The zero-order chi connectivity index (χ0) is 51.3. The number of amides is 1. The maximum atomic E-state index is 14.0. The van der Waals surface area contributed by atoms with Gasteiger partial charge in [-0.05, 0) is 74.6 Å². The van der Waals surface area contributed by atoms with Crippen molar-refractivity contribution in [3.63, 3.8) is 0 Å². The molecule has 5 heterocycles. The topological polar surface area (TPSA) is 308 Å². The van der Waals surface area contributed by atoms with Crippen molar-refractivity contribution >= 4 is 34.4 Å². The number of aromatic nitrogens is 4. The lowest BCUT2D eigenvalue weighted by molar-refractivity contribution is -0.391. The molecule has 73 heavy (non-hydrogen) atoms. The van der Waals surface area contributed by atoms with Gasteiger partial charge < -0.3 is 68.6 Å². The van der Waals surface area contributed by atoms with Gasteiger partial charge in [0.05, 0.1) is 46.7 Å². The monoisotopic (exact) mass is 1020 g/mol. The Morgan fingerprint density at radius 2 is 1.64 bits per heavy atom. The van der Waals surface area contributed by atoms with Crippen LogP contribution in [0.3, 0.4) is 0 Å². The van der Waals surface area contributed by atoms with Crippen LogP contribution in [0.15, 0.2) is 67.0 Å². The van der Waals surface area contributed by atoms with Gasteiger partial charge in [0.1, 0.15) is 43.3 Å². The number of ether oxygens (including phenoxy) is 7. The van der Waals surface area contributed by atoms with Gasteiger partial charge in [-0.2, -0.15) is 0 Å². The van der Waals surface area contributed by atoms with E-state index in [1.807, 2.05) is 23.9 Å². The van der Waals surface area contributed by atoms with Crippen LogP contribution in [0.5, 0.6) is 0 Å². The molecule has 2 aromatic heterocycles. The summed E-state index contributed by atoms with van der Waals surface area (Å²) < 4.78 is 47.4. The van der Waals surface area contributed by atoms with Crippen LogP contribution in [-0.2, 0) is 55.8 Å². The predicted octanol–water partition coefficient (Wildman–Crippen LogP) is 2.82. The number of fused-ring (bicyclic) bond motifs is 6. The number of aliphatic hydroxyl groups is 4. The number of unbranched alkanes of at least 4 members (excludes halogenated alkanes) is 1. The van der Waals surface area contributed by atoms with Gasteiger partial charge in [-0.15, -0.1) is 5.10 Å². The van der Waals surface area contributed by atoms with E-state index in [4.69, 9.17) is 33.2 Å². The zero-order valence-corrected chi connectivity index (χ0v) is 40.4. The van der Waals surface area contributed by atoms with Crippen molar-refractivity contribution in [1.82, 2.24) is 24.9 Å². The lowest BCUT2D eigenvalue weighted by Crippen LogP contribution is -2.66. The first-order valence-electron chi connectivity index (χ1n) is 25.2. The number of hydrogen-bond donors (Lipinski definition) is 6. The number of esters is 1. The first kappa shape index (κ1) is 52.4. The van der Waals surface area contributed by atoms with Gasteiger partial charge in [-0.3, -0.25) is 14.9 Å². The van der Waals surface area contributed by atoms with Gasteiger partial charge in [-0.1, -0.05) is 62.4 Å². The van der Waals surface area contributed by atoms with Crippen LogP contribution >= 0.6 is 0 Å². The fourth-order valence-electron chi connectivity index (χ4n) is 10.8. The van der Waals surface area contributed by atoms with Gasteiger partial charge in [0, 0.05) is 36.2 Å². The Balaban J connectivity index is 0.906. The lowest BCUT2D eigenvalue weighted by atomic mass is 9.77. The molecule has 9 unspecified atom stereocenters. The molecule has 4 bridgehead atoms. The minimum atomic E-state index is -1.78. The van der Waals surface area contributed by atoms with Gasteiger partial charge in [0.15, 0.2) is 31.1 Å². The highest BCUT2D eigenvalue weighted by molar-refractivity contribution is 5.89. The maximum absolute atomic E-state index is 14.0. The van der Waals surface area contributed by atoms with Crippen LogP contribution in [0.4, 0.5) is 5.69 Å². The predicted molar refractivity (Wildman–Crippen MR) is 252 cm³/mol. The summed E-state index contributed by atoms with van der Waals surface area (Å²) in [4.78, 5) is 51.6. The molecule has 0 spiro atoms. The Bertz CT molecular complexity index is 2520. The standard InChI is InChI=1S/C50H64N6O17/c1-27-20-31(45(61)51-18-9-8-14-32-24-55(53-52-32)26-54-19-17-30-22-33(56(65)66)15-16-34(30)54)23-35-42(27)72-49-41(60)39(58)40(59)48(73-49)67-25-37-38(57)43(68-36(46(62)63)21-28-10-4-2-5-11-28)44(50(69-35)70-37)71-47(64)29-12-6-3-7-13-29/h3,6-7,12-13,15-17,19,22,24,27-28,31,35-44,48-50,57-60H,2,4-5,8-11,14,18,20-21,23,25-26H2,1H3,(H,51,61)(H,62,63)/t27?,31?,35-,36+,37?,38+,39?,40+,41?,42?,43?,44?,48?,49-,50-/m1/s1. The van der Waals surface area contributed by atoms with E-state index in [2.05, 4.69) is 15.6 Å². The number of carboxylic acid groups (broad SMARTS) is 1. The number of benzene rings is 2. The van der Waals surface area contributed by atoms with Crippen LogP contribution in [0.1, 0.15) is 87.2 Å². The molecule has 2 saturated carbocycles. The number of aryl methyl sites for hydroxylation is 1. The number of nitrogens with one attached hydrogen (secondary N) is 1. The van der Waals surface area contributed by atoms with Crippen molar-refractivity contribution in [2.24, 2.45) is 17.8 Å². The van der Waals surface area contributed by atoms with Crippen LogP contribution < -0.4 is 5.32 Å². The molecule has 15 atom stereocenters. The molecule has 2 aliphatic carbocycles. The number of rotatable bonds is 16. The molecule has 1 amide bonds. The average molecular weight is 1020 g/mol. The smallest absolute Gasteiger partial charge is 0.338 e. The fraction of sp³-hybridized carbons (Fsp3) is 0.620. The number of hydrogen-bond acceptors (Lipinski definition) is 18. The van der Waals surface area contributed by atoms with Crippen molar-refractivity contribution in [1.29, 1.82) is 0 Å². The minimum absolute atomic E-state index is 0.0122. The van der Waals surface area contributed by atoms with Crippen molar-refractivity contribution in [2.45, 2.75) is 164 Å². The number of carboxylic acids is 1. The van der Waals surface area contributed by atoms with Crippen molar-refractivity contribution in [3.05, 3.63) is 88.4 Å². The number of carbonyl (C=O) groups excluding carboxylic acids is 2. The Kier molecular flexibility index (Phi) is 16.8. The van der Waals surface area contributed by atoms with E-state index in [1.54, 1.807) is 35.0 Å². The molecule has 23 heteroatoms. The second kappa shape index (κ2) is 23.4. The van der Waals surface area contributed by atoms with Gasteiger partial charge in [0.25, 0.3) is 5.69 Å². The zero-order valence-electron chi connectivity index (χ0n) is 40.4. The number of aliphatic carboxylic acids is 1. The summed E-state index contributed by atoms with van der Waals surface area (Å²) in [6, 6.07) is 14.5. The summed E-state index contributed by atoms with van der Waals surface area (Å²) in [6.07, 6.45) is -9.22. The molecule has 3 saturated heterocycles. The first-order chi connectivity index (χ1) is 35.2. The van der Waals surface area contributed by atoms with E-state index in [0.29, 0.717) is 32.5 Å². The SMILES string of the molecule is CC1CC(C(=O)NCCCCc2cn(Cn3ccc4cc([N+](=O)[O-])ccc43)nn2)C[C@H]2O[C@@H]3OC(COC4O[C@@H](OC12)C(O)C(O)[C@@H]4O)[C@H](O)C(O[C@@H](CC1CCCCC1)C(=O)O)C3OC(=O)c1ccccc1. The van der Waals surface area contributed by atoms with E-state index < -0.39 is 115 Å². The summed E-state index contributed by atoms with van der Waals surface area (Å²) in [5.74, 6) is -3.49. The van der Waals surface area contributed by atoms with Crippen LogP contribution in [0, 0.1) is 27.9 Å². The Labute approximate surface area is 419 Å². The second-order valence-electron chi connectivity index (χ2n) is 20.0. The molecule has 5 aliphatic rings. The summed E-state index contributed by atoms with van der Waals surface area (Å²) in [5, 5.41) is 79.1. The molecular weight excluding hydrogens is 957 g/mol. The summed E-state index contributed by atoms with van der Waals surface area (Å²) in [7, 11) is 0. The van der Waals surface area contributed by atoms with E-state index in [-0.39, 0.29) is 42.3 Å². The van der Waals surface area contributed by atoms with E-state index in [1.165, 1.54) is 24.3 Å². The number of carbonyl (C=O) groups is 3. The molecule has 396 valence electrons. The van der Waals surface area contributed by atoms with E-state index in [0.717, 1.165) is 48.7 Å². The number of nitrogens with zero attached hydrogens (tertiary/aromatic N) is 5. The van der Waals surface area contributed by atoms with Crippen LogP contribution in [-0.4, -0.2) is 161 Å². The highest BCUT2D eigenvalue weighted by Gasteiger charge is 2.55. The minimum Gasteiger partial charge on any atom is -0.479 e. The number of nitro groups is 1. The summed E-state index contributed by atoms with van der Waals surface area (Å²) in [6.45, 7) is 1.97. The van der Waals surface area contributed by atoms with Gasteiger partial charge in [-0.25, -0.2) is 14.3 Å². The third kappa shape index (κ3) is 12.2. The third-order valence-electron chi connectivity index (χ3n) is 14.8. The highest BCUT2D eigenvalue weighted by atomic mass is 16.8. The Morgan fingerprint density at radius 3 is 2.41 bits per heavy atom. The molecular formula is C50H64N6O17. The highest BCUT2D eigenvalue weighted by Crippen LogP contribution is 2.40. The van der Waals surface area contributed by atoms with E-state index >= 15 is 0 Å². The summed E-state index contributed by atoms with van der Waals surface area (Å²) in [5.41, 5.74) is 1.72. The van der Waals surface area contributed by atoms with Crippen molar-refractivity contribution < 1.29 is 78.0 Å².